The second-order valence-corrected chi connectivity index (χ2v) is 5.74. The van der Waals surface area contributed by atoms with Gasteiger partial charge in [-0.2, -0.15) is 0 Å². The predicted molar refractivity (Wildman–Crippen MR) is 94.4 cm³/mol. The third-order valence-electron chi connectivity index (χ3n) is 3.80. The molecule has 25 heavy (non-hydrogen) atoms. The highest BCUT2D eigenvalue weighted by atomic mass is 16.5. The van der Waals surface area contributed by atoms with Gasteiger partial charge in [-0.25, -0.2) is 4.68 Å². The number of ether oxygens (including phenoxy) is 1. The Hall–Kier alpha value is -2.99. The van der Waals surface area contributed by atoms with Crippen LogP contribution < -0.4 is 5.32 Å². The lowest BCUT2D eigenvalue weighted by Gasteiger charge is -2.08. The summed E-state index contributed by atoms with van der Waals surface area (Å²) in [5.41, 5.74) is 3.88. The standard InChI is InChI=1S/C19H20N4O2/c1-14-7-6-10-16(11-14)23-17(13-25-2)18(21-22-23)19(24)20-12-15-8-4-3-5-9-15/h3-11H,12-13H2,1-2H3,(H,20,24). The summed E-state index contributed by atoms with van der Waals surface area (Å²) in [7, 11) is 1.58. The lowest BCUT2D eigenvalue weighted by atomic mass is 10.2. The van der Waals surface area contributed by atoms with Gasteiger partial charge in [-0.3, -0.25) is 4.79 Å². The number of amides is 1. The van der Waals surface area contributed by atoms with Crippen molar-refractivity contribution in [3.05, 3.63) is 77.1 Å². The second kappa shape index (κ2) is 7.72. The zero-order chi connectivity index (χ0) is 17.6. The Morgan fingerprint density at radius 3 is 2.68 bits per heavy atom. The van der Waals surface area contributed by atoms with Crippen LogP contribution >= 0.6 is 0 Å². The molecule has 3 aromatic rings. The molecule has 0 unspecified atom stereocenters. The first-order chi connectivity index (χ1) is 12.2. The zero-order valence-corrected chi connectivity index (χ0v) is 14.3. The van der Waals surface area contributed by atoms with E-state index in [1.54, 1.807) is 11.8 Å². The van der Waals surface area contributed by atoms with Gasteiger partial charge < -0.3 is 10.1 Å². The predicted octanol–water partition coefficient (Wildman–Crippen LogP) is 2.65. The number of nitrogens with one attached hydrogen (secondary N) is 1. The highest BCUT2D eigenvalue weighted by Gasteiger charge is 2.20. The number of carbonyl (C=O) groups excluding carboxylic acids is 1. The third-order valence-corrected chi connectivity index (χ3v) is 3.80. The summed E-state index contributed by atoms with van der Waals surface area (Å²) in [6.07, 6.45) is 0. The van der Waals surface area contributed by atoms with Gasteiger partial charge in [-0.15, -0.1) is 5.10 Å². The quantitative estimate of drug-likeness (QED) is 0.751. The molecule has 0 saturated heterocycles. The van der Waals surface area contributed by atoms with Crippen molar-refractivity contribution < 1.29 is 9.53 Å². The van der Waals surface area contributed by atoms with Crippen molar-refractivity contribution in [1.29, 1.82) is 0 Å². The van der Waals surface area contributed by atoms with Crippen LogP contribution in [0, 0.1) is 6.92 Å². The van der Waals surface area contributed by atoms with Crippen LogP contribution in [0.5, 0.6) is 0 Å². The Kier molecular flexibility index (Phi) is 5.20. The van der Waals surface area contributed by atoms with Crippen LogP contribution in [-0.4, -0.2) is 28.0 Å². The molecule has 0 bridgehead atoms. The zero-order valence-electron chi connectivity index (χ0n) is 14.3. The molecule has 1 heterocycles. The smallest absolute Gasteiger partial charge is 0.274 e. The van der Waals surface area contributed by atoms with E-state index >= 15 is 0 Å². The van der Waals surface area contributed by atoms with Crippen LogP contribution in [0.4, 0.5) is 0 Å². The number of methoxy groups -OCH3 is 1. The van der Waals surface area contributed by atoms with Crippen molar-refractivity contribution in [1.82, 2.24) is 20.3 Å². The highest BCUT2D eigenvalue weighted by Crippen LogP contribution is 2.15. The monoisotopic (exact) mass is 336 g/mol. The number of hydrogen-bond acceptors (Lipinski definition) is 4. The molecule has 0 atom stereocenters. The van der Waals surface area contributed by atoms with E-state index in [1.165, 1.54) is 0 Å². The summed E-state index contributed by atoms with van der Waals surface area (Å²) in [4.78, 5) is 12.5. The van der Waals surface area contributed by atoms with Gasteiger partial charge in [0.05, 0.1) is 12.3 Å². The average molecular weight is 336 g/mol. The molecule has 1 N–H and O–H groups in total. The van der Waals surface area contributed by atoms with Crippen LogP contribution in [0.25, 0.3) is 5.69 Å². The SMILES string of the molecule is COCc1c(C(=O)NCc2ccccc2)nnn1-c1cccc(C)c1. The Balaban J connectivity index is 1.84. The van der Waals surface area contributed by atoms with Crippen LogP contribution in [0.3, 0.4) is 0 Å². The van der Waals surface area contributed by atoms with E-state index in [1.807, 2.05) is 61.5 Å². The second-order valence-electron chi connectivity index (χ2n) is 5.74. The van der Waals surface area contributed by atoms with E-state index in [-0.39, 0.29) is 18.2 Å². The largest absolute Gasteiger partial charge is 0.378 e. The fraction of sp³-hybridized carbons (Fsp3) is 0.211. The van der Waals surface area contributed by atoms with Crippen LogP contribution in [-0.2, 0) is 17.9 Å². The maximum absolute atomic E-state index is 12.5. The lowest BCUT2D eigenvalue weighted by Crippen LogP contribution is -2.24. The van der Waals surface area contributed by atoms with E-state index < -0.39 is 0 Å². The number of aromatic nitrogens is 3. The van der Waals surface area contributed by atoms with Crippen LogP contribution in [0.15, 0.2) is 54.6 Å². The van der Waals surface area contributed by atoms with Gasteiger partial charge in [0, 0.05) is 13.7 Å². The minimum atomic E-state index is -0.269. The third kappa shape index (κ3) is 3.92. The van der Waals surface area contributed by atoms with Gasteiger partial charge in [0.25, 0.3) is 5.91 Å². The summed E-state index contributed by atoms with van der Waals surface area (Å²) >= 11 is 0. The number of rotatable bonds is 6. The summed E-state index contributed by atoms with van der Waals surface area (Å²) in [6.45, 7) is 2.68. The molecule has 0 saturated carbocycles. The van der Waals surface area contributed by atoms with Crippen molar-refractivity contribution in [2.24, 2.45) is 0 Å². The maximum Gasteiger partial charge on any atom is 0.274 e. The number of benzene rings is 2. The van der Waals surface area contributed by atoms with E-state index in [0.29, 0.717) is 12.2 Å². The molecule has 0 fully saturated rings. The van der Waals surface area contributed by atoms with E-state index in [2.05, 4.69) is 15.6 Å². The molecule has 0 spiro atoms. The van der Waals surface area contributed by atoms with E-state index in [0.717, 1.165) is 16.8 Å². The van der Waals surface area contributed by atoms with E-state index in [9.17, 15) is 4.79 Å². The topological polar surface area (TPSA) is 69.0 Å². The summed E-state index contributed by atoms with van der Waals surface area (Å²) < 4.78 is 6.90. The van der Waals surface area contributed by atoms with Crippen LogP contribution in [0.1, 0.15) is 27.3 Å². The molecule has 1 aromatic heterocycles. The van der Waals surface area contributed by atoms with E-state index in [4.69, 9.17) is 4.74 Å². The van der Waals surface area contributed by atoms with Crippen molar-refractivity contribution in [3.63, 3.8) is 0 Å². The fourth-order valence-electron chi connectivity index (χ4n) is 2.57. The number of aryl methyl sites for hydroxylation is 1. The molecule has 3 rings (SSSR count). The van der Waals surface area contributed by atoms with Crippen LogP contribution in [0.2, 0.25) is 0 Å². The first-order valence-electron chi connectivity index (χ1n) is 8.01. The minimum absolute atomic E-state index is 0.245. The van der Waals surface area contributed by atoms with Gasteiger partial charge in [0.1, 0.15) is 5.69 Å². The average Bonchev–Trinajstić information content (AvgIpc) is 3.05. The summed E-state index contributed by atoms with van der Waals surface area (Å²) in [6, 6.07) is 17.6. The lowest BCUT2D eigenvalue weighted by molar-refractivity contribution is 0.0940. The Morgan fingerprint density at radius 1 is 1.16 bits per heavy atom. The molecule has 1 amide bonds. The Morgan fingerprint density at radius 2 is 1.96 bits per heavy atom. The molecule has 128 valence electrons. The number of hydrogen-bond donors (Lipinski definition) is 1. The molecule has 2 aromatic carbocycles. The van der Waals surface area contributed by atoms with Gasteiger partial charge in [0.15, 0.2) is 5.69 Å². The highest BCUT2D eigenvalue weighted by molar-refractivity contribution is 5.93. The molecular formula is C19H20N4O2. The summed E-state index contributed by atoms with van der Waals surface area (Å²) in [5.74, 6) is -0.269. The molecule has 0 aliphatic heterocycles. The number of carbonyl (C=O) groups is 1. The Labute approximate surface area is 146 Å². The molecule has 0 aliphatic rings. The van der Waals surface area contributed by atoms with Crippen molar-refractivity contribution in [2.45, 2.75) is 20.1 Å². The fourth-order valence-corrected chi connectivity index (χ4v) is 2.57. The minimum Gasteiger partial charge on any atom is -0.378 e. The van der Waals surface area contributed by atoms with Gasteiger partial charge in [-0.05, 0) is 30.2 Å². The van der Waals surface area contributed by atoms with Gasteiger partial charge >= 0.3 is 0 Å². The molecule has 6 heteroatoms. The molecule has 0 aliphatic carbocycles. The number of nitrogens with zero attached hydrogens (tertiary/aromatic N) is 3. The van der Waals surface area contributed by atoms with Gasteiger partial charge in [-0.1, -0.05) is 47.7 Å². The first-order valence-corrected chi connectivity index (χ1v) is 8.01. The molecule has 0 radical (unpaired) electrons. The molecular weight excluding hydrogens is 316 g/mol. The van der Waals surface area contributed by atoms with Gasteiger partial charge in [0.2, 0.25) is 0 Å². The molecule has 6 nitrogen and oxygen atoms in total. The Bertz CT molecular complexity index is 859. The van der Waals surface area contributed by atoms with Crippen molar-refractivity contribution in [2.75, 3.05) is 7.11 Å². The normalized spacial score (nSPS) is 10.6. The van der Waals surface area contributed by atoms with Crippen molar-refractivity contribution in [3.8, 4) is 5.69 Å². The first kappa shape index (κ1) is 16.9. The van der Waals surface area contributed by atoms with Crippen molar-refractivity contribution >= 4 is 5.91 Å². The summed E-state index contributed by atoms with van der Waals surface area (Å²) in [5, 5.41) is 11.1. The maximum atomic E-state index is 12.5.